The van der Waals surface area contributed by atoms with Gasteiger partial charge in [-0.05, 0) is 38.1 Å². The van der Waals surface area contributed by atoms with Crippen molar-refractivity contribution < 1.29 is 102 Å². The molecule has 8 N–H and O–H groups in total. The first-order valence-corrected chi connectivity index (χ1v) is 18.9. The fourth-order valence-corrected chi connectivity index (χ4v) is 7.20. The fraction of sp³-hybridized carbons (Fsp3) is 0.538. The molecule has 334 valence electrons. The summed E-state index contributed by atoms with van der Waals surface area (Å²) in [7, 11) is 0. The van der Waals surface area contributed by atoms with Gasteiger partial charge in [0.1, 0.15) is 70.9 Å². The van der Waals surface area contributed by atoms with Crippen molar-refractivity contribution in [3.8, 4) is 34.3 Å². The van der Waals surface area contributed by atoms with Crippen molar-refractivity contribution in [2.24, 2.45) is 0 Å². The van der Waals surface area contributed by atoms with Crippen molar-refractivity contribution in [3.05, 3.63) is 46.6 Å². The molecule has 15 unspecified atom stereocenters. The number of benzene rings is 2. The first-order chi connectivity index (χ1) is 28.7. The van der Waals surface area contributed by atoms with Gasteiger partial charge in [-0.1, -0.05) is 0 Å². The normalized spacial score (nSPS) is 34.0. The predicted octanol–water partition coefficient (Wildman–Crippen LogP) is -0.828. The Hall–Kier alpha value is -5.14. The van der Waals surface area contributed by atoms with Crippen LogP contribution >= 0.6 is 0 Å². The number of carbonyl (C=O) groups is 3. The Bertz CT molecular complexity index is 2120. The summed E-state index contributed by atoms with van der Waals surface area (Å²) in [5, 5.41) is 84.8. The van der Waals surface area contributed by atoms with E-state index in [0.717, 1.165) is 32.9 Å². The molecule has 1 aromatic heterocycles. The molecule has 0 radical (unpaired) electrons. The molecule has 0 aliphatic carbocycles. The zero-order valence-corrected chi connectivity index (χ0v) is 33.1. The average molecular weight is 867 g/mol. The molecule has 22 heteroatoms. The summed E-state index contributed by atoms with van der Waals surface area (Å²) in [5.74, 6) is -4.75. The van der Waals surface area contributed by atoms with E-state index in [9.17, 15) is 60.0 Å². The molecule has 3 aliphatic rings. The second kappa shape index (κ2) is 18.5. The van der Waals surface area contributed by atoms with Crippen molar-refractivity contribution in [2.45, 2.75) is 127 Å². The molecule has 3 saturated heterocycles. The van der Waals surface area contributed by atoms with E-state index in [1.807, 2.05) is 0 Å². The quantitative estimate of drug-likeness (QED) is 0.0861. The highest BCUT2D eigenvalue weighted by Crippen LogP contribution is 2.38. The standard InChI is InChI=1S/C39H46O22/c1-13-31(55-15(3)40)28(49)30(51)37(53-13)61-35-32(56-16(4)41)14(2)54-39(36(35)57-17(5)42)52-12-23-25(46)27(48)29(50)38(59-23)60-34-26(47)24-21(45)10-20(44)11-22(24)58-33(34)18-6-8-19(43)9-7-18/h6-11,13-14,23,25,27-32,35-39,43-46,48-51H,12H2,1-5H3. The highest BCUT2D eigenvalue weighted by atomic mass is 16.8. The first-order valence-electron chi connectivity index (χ1n) is 18.9. The van der Waals surface area contributed by atoms with E-state index >= 15 is 0 Å². The number of hydrogen-bond acceptors (Lipinski definition) is 22. The monoisotopic (exact) mass is 866 g/mol. The summed E-state index contributed by atoms with van der Waals surface area (Å²) >= 11 is 0. The van der Waals surface area contributed by atoms with E-state index in [-0.39, 0.29) is 22.7 Å². The average Bonchev–Trinajstić information content (AvgIpc) is 3.18. The van der Waals surface area contributed by atoms with Crippen molar-refractivity contribution >= 4 is 28.9 Å². The Labute approximate surface area is 345 Å². The van der Waals surface area contributed by atoms with Crippen LogP contribution in [0.3, 0.4) is 0 Å². The van der Waals surface area contributed by atoms with Gasteiger partial charge in [-0.25, -0.2) is 0 Å². The number of phenolic OH excluding ortho intramolecular Hbond substituents is 3. The minimum Gasteiger partial charge on any atom is -0.508 e. The molecular weight excluding hydrogens is 820 g/mol. The fourth-order valence-electron chi connectivity index (χ4n) is 7.20. The third kappa shape index (κ3) is 9.68. The molecule has 0 saturated carbocycles. The number of hydrogen-bond donors (Lipinski definition) is 8. The number of rotatable bonds is 11. The van der Waals surface area contributed by atoms with Crippen molar-refractivity contribution in [1.29, 1.82) is 0 Å². The van der Waals surface area contributed by atoms with Crippen molar-refractivity contribution in [2.75, 3.05) is 6.61 Å². The number of esters is 3. The van der Waals surface area contributed by atoms with E-state index in [4.69, 9.17) is 47.0 Å². The lowest BCUT2D eigenvalue weighted by Gasteiger charge is -2.47. The third-order valence-electron chi connectivity index (χ3n) is 10.1. The lowest BCUT2D eigenvalue weighted by atomic mass is 9.96. The van der Waals surface area contributed by atoms with Gasteiger partial charge in [-0.2, -0.15) is 0 Å². The van der Waals surface area contributed by atoms with Crippen LogP contribution in [0, 0.1) is 0 Å². The second-order valence-electron chi connectivity index (χ2n) is 14.7. The minimum absolute atomic E-state index is 0.142. The molecule has 0 amide bonds. The Morgan fingerprint density at radius 1 is 0.639 bits per heavy atom. The Kier molecular flexibility index (Phi) is 13.7. The molecule has 3 aliphatic heterocycles. The van der Waals surface area contributed by atoms with Gasteiger partial charge in [-0.15, -0.1) is 0 Å². The summed E-state index contributed by atoms with van der Waals surface area (Å²) in [5.41, 5.74) is -1.14. The van der Waals surface area contributed by atoms with Crippen LogP contribution in [0.25, 0.3) is 22.3 Å². The van der Waals surface area contributed by atoms with Gasteiger partial charge < -0.3 is 87.9 Å². The molecule has 3 fully saturated rings. The van der Waals surface area contributed by atoms with Crippen LogP contribution in [0.15, 0.2) is 45.6 Å². The number of aliphatic hydroxyl groups is 5. The highest BCUT2D eigenvalue weighted by molar-refractivity contribution is 5.88. The number of aliphatic hydroxyl groups excluding tert-OH is 5. The molecular formula is C39H46O22. The molecule has 6 rings (SSSR count). The maximum Gasteiger partial charge on any atom is 0.303 e. The first kappa shape index (κ1) is 45.4. The Morgan fingerprint density at radius 3 is 1.85 bits per heavy atom. The third-order valence-corrected chi connectivity index (χ3v) is 10.1. The summed E-state index contributed by atoms with van der Waals surface area (Å²) < 4.78 is 57.3. The predicted molar refractivity (Wildman–Crippen MR) is 198 cm³/mol. The van der Waals surface area contributed by atoms with E-state index < -0.39 is 145 Å². The van der Waals surface area contributed by atoms with Crippen LogP contribution in [0.4, 0.5) is 0 Å². The van der Waals surface area contributed by atoms with E-state index in [1.54, 1.807) is 0 Å². The molecule has 0 spiro atoms. The van der Waals surface area contributed by atoms with Crippen LogP contribution in [-0.4, -0.2) is 157 Å². The lowest BCUT2D eigenvalue weighted by molar-refractivity contribution is -0.360. The molecule has 3 aromatic rings. The molecule has 2 aromatic carbocycles. The summed E-state index contributed by atoms with van der Waals surface area (Å²) in [6, 6.07) is 7.15. The maximum absolute atomic E-state index is 13.9. The number of phenols is 3. The number of fused-ring (bicyclic) bond motifs is 1. The van der Waals surface area contributed by atoms with Gasteiger partial charge in [0.2, 0.25) is 17.5 Å². The molecule has 61 heavy (non-hydrogen) atoms. The van der Waals surface area contributed by atoms with Gasteiger partial charge in [0.15, 0.2) is 36.7 Å². The van der Waals surface area contributed by atoms with Crippen LogP contribution in [-0.2, 0) is 52.3 Å². The number of aromatic hydroxyl groups is 3. The number of carbonyl (C=O) groups excluding carboxylic acids is 3. The molecule has 15 atom stereocenters. The largest absolute Gasteiger partial charge is 0.508 e. The van der Waals surface area contributed by atoms with Crippen LogP contribution in [0.1, 0.15) is 34.6 Å². The van der Waals surface area contributed by atoms with Gasteiger partial charge in [0.25, 0.3) is 0 Å². The zero-order valence-electron chi connectivity index (χ0n) is 33.1. The maximum atomic E-state index is 13.9. The Morgan fingerprint density at radius 2 is 1.21 bits per heavy atom. The zero-order chi connectivity index (χ0) is 44.6. The summed E-state index contributed by atoms with van der Waals surface area (Å²) in [4.78, 5) is 50.2. The summed E-state index contributed by atoms with van der Waals surface area (Å²) in [6.07, 6.45) is -24.5. The van der Waals surface area contributed by atoms with Crippen molar-refractivity contribution in [1.82, 2.24) is 0 Å². The second-order valence-corrected chi connectivity index (χ2v) is 14.7. The SMILES string of the molecule is CC(=O)OC1C(C)OC(OC2C(OC(C)=O)C(C)OC(OCC3OC(Oc4c(-c5ccc(O)cc5)oc5cc(O)cc(O)c5c4=O)C(O)C(O)C3O)C2OC(C)=O)C(O)C1O. The highest BCUT2D eigenvalue weighted by Gasteiger charge is 2.54. The number of ether oxygens (including phenoxy) is 9. The van der Waals surface area contributed by atoms with Crippen molar-refractivity contribution in [3.63, 3.8) is 0 Å². The Balaban J connectivity index is 1.28. The summed E-state index contributed by atoms with van der Waals surface area (Å²) in [6.45, 7) is 5.34. The van der Waals surface area contributed by atoms with E-state index in [1.165, 1.54) is 38.1 Å². The molecule has 4 heterocycles. The molecule has 22 nitrogen and oxygen atoms in total. The van der Waals surface area contributed by atoms with Crippen LogP contribution in [0.5, 0.6) is 23.0 Å². The smallest absolute Gasteiger partial charge is 0.303 e. The van der Waals surface area contributed by atoms with E-state index in [0.29, 0.717) is 0 Å². The minimum atomic E-state index is -2.04. The topological polar surface area (TPSA) is 326 Å². The van der Waals surface area contributed by atoms with Gasteiger partial charge >= 0.3 is 17.9 Å². The molecule has 0 bridgehead atoms. The van der Waals surface area contributed by atoms with E-state index in [2.05, 4.69) is 0 Å². The van der Waals surface area contributed by atoms with Gasteiger partial charge in [0.05, 0.1) is 18.8 Å². The van der Waals surface area contributed by atoms with Gasteiger partial charge in [0, 0.05) is 38.5 Å². The van der Waals surface area contributed by atoms with Crippen LogP contribution in [0.2, 0.25) is 0 Å². The van der Waals surface area contributed by atoms with Crippen LogP contribution < -0.4 is 10.2 Å². The lowest BCUT2D eigenvalue weighted by Crippen LogP contribution is -2.65. The van der Waals surface area contributed by atoms with Gasteiger partial charge in [-0.3, -0.25) is 19.2 Å².